The summed E-state index contributed by atoms with van der Waals surface area (Å²) in [6.07, 6.45) is 1.69. The maximum absolute atomic E-state index is 13.1. The van der Waals surface area contributed by atoms with Crippen LogP contribution in [-0.2, 0) is 35.5 Å². The summed E-state index contributed by atoms with van der Waals surface area (Å²) in [4.78, 5) is 33.8. The van der Waals surface area contributed by atoms with Crippen molar-refractivity contribution in [2.24, 2.45) is 0 Å². The molecular weight excluding hydrogens is 477 g/mol. The number of alkyl halides is 3. The van der Waals surface area contributed by atoms with Gasteiger partial charge in [-0.05, 0) is 30.5 Å². The molecule has 3 aromatic heterocycles. The van der Waals surface area contributed by atoms with Gasteiger partial charge in [0.2, 0.25) is 0 Å². The number of aromatic nitrogens is 6. The summed E-state index contributed by atoms with van der Waals surface area (Å²) in [6, 6.07) is 5.02. The van der Waals surface area contributed by atoms with E-state index in [-0.39, 0.29) is 36.4 Å². The van der Waals surface area contributed by atoms with Gasteiger partial charge >= 0.3 is 12.1 Å². The van der Waals surface area contributed by atoms with Gasteiger partial charge in [-0.2, -0.15) is 18.3 Å². The molecule has 0 saturated heterocycles. The topological polar surface area (TPSA) is 96.8 Å². The number of imidazole rings is 1. The molecule has 0 saturated carbocycles. The van der Waals surface area contributed by atoms with Crippen molar-refractivity contribution >= 4 is 17.1 Å². The number of hydrogen-bond donors (Lipinski definition) is 0. The van der Waals surface area contributed by atoms with Crippen molar-refractivity contribution < 1.29 is 22.7 Å². The zero-order valence-corrected chi connectivity index (χ0v) is 19.8. The van der Waals surface area contributed by atoms with E-state index in [1.165, 1.54) is 32.4 Å². The molecule has 3 heterocycles. The number of ether oxygens (including phenoxy) is 1. The second-order valence-electron chi connectivity index (χ2n) is 8.30. The van der Waals surface area contributed by atoms with Gasteiger partial charge in [0.1, 0.15) is 12.2 Å². The molecule has 0 spiro atoms. The molecule has 0 fully saturated rings. The predicted molar refractivity (Wildman–Crippen MR) is 125 cm³/mol. The van der Waals surface area contributed by atoms with Gasteiger partial charge in [-0.1, -0.05) is 26.0 Å². The van der Waals surface area contributed by atoms with Crippen LogP contribution in [0.2, 0.25) is 0 Å². The molecule has 9 nitrogen and oxygen atoms in total. The lowest BCUT2D eigenvalue weighted by atomic mass is 10.1. The van der Waals surface area contributed by atoms with E-state index in [0.29, 0.717) is 29.9 Å². The zero-order valence-electron chi connectivity index (χ0n) is 19.8. The van der Waals surface area contributed by atoms with Crippen LogP contribution in [0.5, 0.6) is 0 Å². The van der Waals surface area contributed by atoms with Gasteiger partial charge in [0.25, 0.3) is 5.56 Å². The van der Waals surface area contributed by atoms with Crippen molar-refractivity contribution in [3.63, 3.8) is 0 Å². The molecule has 0 atom stereocenters. The molecule has 0 amide bonds. The Bertz CT molecular complexity index is 1440. The summed E-state index contributed by atoms with van der Waals surface area (Å²) < 4.78 is 49.0. The molecule has 36 heavy (non-hydrogen) atoms. The minimum absolute atomic E-state index is 0.0944. The van der Waals surface area contributed by atoms with E-state index in [1.807, 2.05) is 13.8 Å². The Morgan fingerprint density at radius 3 is 2.69 bits per heavy atom. The summed E-state index contributed by atoms with van der Waals surface area (Å²) >= 11 is 0. The van der Waals surface area contributed by atoms with Crippen molar-refractivity contribution in [1.82, 2.24) is 28.9 Å². The van der Waals surface area contributed by atoms with Gasteiger partial charge in [0.05, 0.1) is 23.9 Å². The van der Waals surface area contributed by atoms with Crippen LogP contribution in [0.15, 0.2) is 47.8 Å². The Morgan fingerprint density at radius 2 is 1.97 bits per heavy atom. The molecule has 0 aliphatic rings. The summed E-state index contributed by atoms with van der Waals surface area (Å²) in [5, 5.41) is 4.26. The highest BCUT2D eigenvalue weighted by molar-refractivity contribution is 5.76. The highest BCUT2D eigenvalue weighted by Crippen LogP contribution is 2.30. The first kappa shape index (κ1) is 25.1. The highest BCUT2D eigenvalue weighted by Gasteiger charge is 2.30. The van der Waals surface area contributed by atoms with Gasteiger partial charge in [0.15, 0.2) is 17.9 Å². The third kappa shape index (κ3) is 5.31. The van der Waals surface area contributed by atoms with Crippen LogP contribution in [-0.4, -0.2) is 34.9 Å². The maximum atomic E-state index is 13.1. The van der Waals surface area contributed by atoms with E-state index >= 15 is 0 Å². The number of hydrogen-bond acceptors (Lipinski definition) is 6. The van der Waals surface area contributed by atoms with Crippen LogP contribution in [0.3, 0.4) is 0 Å². The van der Waals surface area contributed by atoms with E-state index in [4.69, 9.17) is 4.74 Å². The van der Waals surface area contributed by atoms with Gasteiger partial charge < -0.3 is 4.74 Å². The number of rotatable bonds is 9. The average molecular weight is 502 g/mol. The Hall–Kier alpha value is -3.96. The fraction of sp³-hybridized carbons (Fsp3) is 0.375. The summed E-state index contributed by atoms with van der Waals surface area (Å²) in [6.45, 7) is 4.16. The Morgan fingerprint density at radius 1 is 1.17 bits per heavy atom. The highest BCUT2D eigenvalue weighted by atomic mass is 19.4. The van der Waals surface area contributed by atoms with E-state index in [2.05, 4.69) is 15.1 Å². The van der Waals surface area contributed by atoms with Gasteiger partial charge in [-0.15, -0.1) is 0 Å². The SMILES string of the molecule is CCCC(=O)OCn1c(-c2cnn(Cc3cccc(C(F)(F)F)c3)c2)nc2c(=O)n(CCC)cnc21. The number of nitrogens with zero attached hydrogens (tertiary/aromatic N) is 6. The summed E-state index contributed by atoms with van der Waals surface area (Å²) in [5.41, 5.74) is 0.240. The van der Waals surface area contributed by atoms with E-state index in [0.717, 1.165) is 18.6 Å². The molecule has 0 aliphatic carbocycles. The lowest BCUT2D eigenvalue weighted by Crippen LogP contribution is -2.21. The maximum Gasteiger partial charge on any atom is 0.416 e. The third-order valence-electron chi connectivity index (χ3n) is 5.49. The number of carbonyl (C=O) groups excluding carboxylic acids is 1. The fourth-order valence-corrected chi connectivity index (χ4v) is 3.79. The molecule has 4 aromatic rings. The van der Waals surface area contributed by atoms with Crippen molar-refractivity contribution in [3.05, 3.63) is 64.5 Å². The summed E-state index contributed by atoms with van der Waals surface area (Å²) in [7, 11) is 0. The minimum Gasteiger partial charge on any atom is -0.444 e. The Labute approximate surface area is 204 Å². The van der Waals surface area contributed by atoms with E-state index in [1.54, 1.807) is 12.3 Å². The molecule has 12 heteroatoms. The number of benzene rings is 1. The van der Waals surface area contributed by atoms with Crippen LogP contribution in [0.25, 0.3) is 22.6 Å². The van der Waals surface area contributed by atoms with E-state index in [9.17, 15) is 22.8 Å². The molecule has 0 N–H and O–H groups in total. The first-order chi connectivity index (χ1) is 17.2. The average Bonchev–Trinajstić information content (AvgIpc) is 3.44. The van der Waals surface area contributed by atoms with Crippen LogP contribution in [0, 0.1) is 0 Å². The lowest BCUT2D eigenvalue weighted by Gasteiger charge is -2.09. The molecule has 0 radical (unpaired) electrons. The predicted octanol–water partition coefficient (Wildman–Crippen LogP) is 4.23. The quantitative estimate of drug-likeness (QED) is 0.318. The number of carbonyl (C=O) groups is 1. The zero-order chi connectivity index (χ0) is 25.9. The van der Waals surface area contributed by atoms with Crippen molar-refractivity contribution in [2.45, 2.75) is 59.1 Å². The lowest BCUT2D eigenvalue weighted by molar-refractivity contribution is -0.147. The molecule has 0 bridgehead atoms. The van der Waals surface area contributed by atoms with Gasteiger partial charge in [-0.3, -0.25) is 23.4 Å². The molecule has 0 unspecified atom stereocenters. The molecule has 1 aromatic carbocycles. The van der Waals surface area contributed by atoms with Gasteiger partial charge in [-0.25, -0.2) is 9.97 Å². The number of halogens is 3. The Balaban J connectivity index is 1.70. The fourth-order valence-electron chi connectivity index (χ4n) is 3.79. The second kappa shape index (κ2) is 10.3. The standard InChI is InChI=1S/C24H25F3N6O3/c1-3-6-19(34)36-15-33-21(30-20-22(33)28-14-31(9-4-2)23(20)35)17-11-29-32(13-17)12-16-7-5-8-18(10-16)24(25,26)27/h5,7-8,10-11,13-14H,3-4,6,9,12,15H2,1-2H3. The van der Waals surface area contributed by atoms with Crippen LogP contribution >= 0.6 is 0 Å². The van der Waals surface area contributed by atoms with Crippen molar-refractivity contribution in [3.8, 4) is 11.4 Å². The molecular formula is C24H25F3N6O3. The monoisotopic (exact) mass is 502 g/mol. The molecule has 190 valence electrons. The normalized spacial score (nSPS) is 11.8. The first-order valence-electron chi connectivity index (χ1n) is 11.5. The second-order valence-corrected chi connectivity index (χ2v) is 8.30. The summed E-state index contributed by atoms with van der Waals surface area (Å²) in [5.74, 6) is -0.0895. The minimum atomic E-state index is -4.44. The largest absolute Gasteiger partial charge is 0.444 e. The number of fused-ring (bicyclic) bond motifs is 1. The third-order valence-corrected chi connectivity index (χ3v) is 5.49. The number of esters is 1. The van der Waals surface area contributed by atoms with Gasteiger partial charge in [0, 0.05) is 19.2 Å². The van der Waals surface area contributed by atoms with Crippen LogP contribution in [0.1, 0.15) is 44.2 Å². The van der Waals surface area contributed by atoms with Crippen molar-refractivity contribution in [2.75, 3.05) is 0 Å². The Kier molecular flexibility index (Phi) is 7.22. The van der Waals surface area contributed by atoms with Crippen molar-refractivity contribution in [1.29, 1.82) is 0 Å². The molecule has 4 rings (SSSR count). The van der Waals surface area contributed by atoms with Crippen LogP contribution in [0.4, 0.5) is 13.2 Å². The molecule has 0 aliphatic heterocycles. The van der Waals surface area contributed by atoms with E-state index < -0.39 is 17.7 Å². The first-order valence-corrected chi connectivity index (χ1v) is 11.5. The smallest absolute Gasteiger partial charge is 0.416 e. The number of aryl methyl sites for hydroxylation is 1. The van der Waals surface area contributed by atoms with Crippen LogP contribution < -0.4 is 5.56 Å².